The molecule has 1 heterocycles. The van der Waals surface area contributed by atoms with Crippen molar-refractivity contribution in [1.82, 2.24) is 4.57 Å². The molecule has 2 aromatic rings. The minimum Gasteiger partial charge on any atom is -0.376 e. The maximum atomic E-state index is 13.8. The normalized spacial score (nSPS) is 15.8. The van der Waals surface area contributed by atoms with Crippen molar-refractivity contribution in [2.45, 2.75) is 24.6 Å². The van der Waals surface area contributed by atoms with Crippen molar-refractivity contribution >= 4 is 27.5 Å². The van der Waals surface area contributed by atoms with E-state index in [2.05, 4.69) is 15.9 Å². The van der Waals surface area contributed by atoms with Gasteiger partial charge in [0.1, 0.15) is 0 Å². The zero-order valence-corrected chi connectivity index (χ0v) is 15.1. The molecule has 1 aromatic carbocycles. The van der Waals surface area contributed by atoms with Gasteiger partial charge in [0, 0.05) is 40.3 Å². The Morgan fingerprint density at radius 2 is 1.88 bits per heavy atom. The monoisotopic (exact) mass is 423 g/mol. The summed E-state index contributed by atoms with van der Waals surface area (Å²) in [6.07, 6.45) is -3.99. The van der Waals surface area contributed by atoms with Crippen molar-refractivity contribution in [2.75, 3.05) is 0 Å². The quantitative estimate of drug-likeness (QED) is 0.796. The third-order valence-corrected chi connectivity index (χ3v) is 4.83. The van der Waals surface area contributed by atoms with Gasteiger partial charge < -0.3 is 9.67 Å². The number of aryl methyl sites for hydroxylation is 1. The number of hydrogen-bond acceptors (Lipinski definition) is 2. The summed E-state index contributed by atoms with van der Waals surface area (Å²) in [6, 6.07) is 6.41. The molecule has 0 aliphatic rings. The molecule has 2 atom stereocenters. The number of benzene rings is 1. The Labute approximate surface area is 149 Å². The van der Waals surface area contributed by atoms with Crippen molar-refractivity contribution in [3.05, 3.63) is 67.5 Å². The first-order valence-electron chi connectivity index (χ1n) is 6.89. The van der Waals surface area contributed by atoms with E-state index in [1.165, 1.54) is 26.1 Å². The summed E-state index contributed by atoms with van der Waals surface area (Å²) in [6.45, 7) is 1.24. The summed E-state index contributed by atoms with van der Waals surface area (Å²) in [7, 11) is 1.32. The van der Waals surface area contributed by atoms with E-state index < -0.39 is 28.8 Å². The van der Waals surface area contributed by atoms with Crippen LogP contribution in [-0.4, -0.2) is 15.8 Å². The summed E-state index contributed by atoms with van der Waals surface area (Å²) in [5, 5.41) is 10.7. The second-order valence-electron chi connectivity index (χ2n) is 5.52. The maximum Gasteiger partial charge on any atom is 0.422 e. The molecule has 2 rings (SSSR count). The Bertz CT molecular complexity index is 822. The first-order valence-corrected chi connectivity index (χ1v) is 8.06. The fourth-order valence-electron chi connectivity index (χ4n) is 2.56. The van der Waals surface area contributed by atoms with Crippen LogP contribution in [0.2, 0.25) is 5.02 Å². The minimum atomic E-state index is -4.97. The van der Waals surface area contributed by atoms with E-state index in [4.69, 9.17) is 11.6 Å². The molecule has 8 heteroatoms. The highest BCUT2D eigenvalue weighted by Gasteiger charge is 2.59. The highest BCUT2D eigenvalue weighted by molar-refractivity contribution is 9.10. The van der Waals surface area contributed by atoms with Crippen LogP contribution in [0.15, 0.2) is 45.8 Å². The van der Waals surface area contributed by atoms with Crippen molar-refractivity contribution in [3.63, 3.8) is 0 Å². The Kier molecular flexibility index (Phi) is 5.18. The van der Waals surface area contributed by atoms with E-state index >= 15 is 0 Å². The predicted octanol–water partition coefficient (Wildman–Crippen LogP) is 4.35. The van der Waals surface area contributed by atoms with E-state index in [0.717, 1.165) is 22.9 Å². The topological polar surface area (TPSA) is 42.2 Å². The first kappa shape index (κ1) is 19.0. The van der Waals surface area contributed by atoms with Crippen LogP contribution in [-0.2, 0) is 12.6 Å². The second-order valence-corrected chi connectivity index (χ2v) is 6.84. The summed E-state index contributed by atoms with van der Waals surface area (Å²) in [5.41, 5.74) is -3.95. The molecule has 3 nitrogen and oxygen atoms in total. The van der Waals surface area contributed by atoms with Gasteiger partial charge >= 0.3 is 6.18 Å². The van der Waals surface area contributed by atoms with Gasteiger partial charge in [-0.3, -0.25) is 4.79 Å². The zero-order chi connectivity index (χ0) is 18.3. The van der Waals surface area contributed by atoms with E-state index in [-0.39, 0.29) is 10.6 Å². The van der Waals surface area contributed by atoms with Gasteiger partial charge in [0.05, 0.1) is 0 Å². The van der Waals surface area contributed by atoms with Crippen molar-refractivity contribution < 1.29 is 18.3 Å². The molecule has 0 amide bonds. The van der Waals surface area contributed by atoms with Crippen LogP contribution in [0.25, 0.3) is 0 Å². The van der Waals surface area contributed by atoms with Gasteiger partial charge in [0.2, 0.25) is 5.56 Å². The van der Waals surface area contributed by atoms with Crippen LogP contribution in [0.3, 0.4) is 0 Å². The largest absolute Gasteiger partial charge is 0.422 e. The third-order valence-electron chi connectivity index (χ3n) is 4.01. The van der Waals surface area contributed by atoms with Gasteiger partial charge in [-0.25, -0.2) is 0 Å². The lowest BCUT2D eigenvalue weighted by molar-refractivity contribution is -0.274. The molecule has 24 heavy (non-hydrogen) atoms. The summed E-state index contributed by atoms with van der Waals surface area (Å²) >= 11 is 9.25. The molecule has 0 bridgehead atoms. The minimum absolute atomic E-state index is 0.101. The molecule has 2 unspecified atom stereocenters. The lowest BCUT2D eigenvalue weighted by atomic mass is 9.78. The zero-order valence-electron chi connectivity index (χ0n) is 12.7. The molecular weight excluding hydrogens is 411 g/mol. The third kappa shape index (κ3) is 3.25. The number of halogens is 5. The number of rotatable bonds is 3. The molecule has 0 fully saturated rings. The lowest BCUT2D eigenvalue weighted by Crippen LogP contribution is -2.47. The van der Waals surface area contributed by atoms with E-state index in [1.54, 1.807) is 6.07 Å². The molecule has 1 aromatic heterocycles. The van der Waals surface area contributed by atoms with Gasteiger partial charge in [-0.1, -0.05) is 40.5 Å². The standard InChI is InChI=1S/C16H14BrClF3NO2/c1-9(12-5-4-11(17)7-13(12)18)15(24,16(19,20)21)10-3-6-14(23)22(2)8-10/h3-9,24H,1-2H3. The van der Waals surface area contributed by atoms with E-state index in [0.29, 0.717) is 4.47 Å². The fraction of sp³-hybridized carbons (Fsp3) is 0.312. The summed E-state index contributed by atoms with van der Waals surface area (Å²) < 4.78 is 42.9. The van der Waals surface area contributed by atoms with E-state index in [1.807, 2.05) is 0 Å². The molecule has 0 saturated carbocycles. The average molecular weight is 425 g/mol. The Morgan fingerprint density at radius 1 is 1.25 bits per heavy atom. The van der Waals surface area contributed by atoms with Crippen LogP contribution in [0, 0.1) is 0 Å². The second kappa shape index (κ2) is 6.54. The number of aromatic nitrogens is 1. The molecule has 130 valence electrons. The van der Waals surface area contributed by atoms with Gasteiger partial charge in [-0.15, -0.1) is 0 Å². The van der Waals surface area contributed by atoms with Crippen molar-refractivity contribution in [2.24, 2.45) is 7.05 Å². The average Bonchev–Trinajstić information content (AvgIpc) is 2.47. The highest BCUT2D eigenvalue weighted by Crippen LogP contribution is 2.49. The molecule has 0 aliphatic carbocycles. The van der Waals surface area contributed by atoms with Gasteiger partial charge in [-0.2, -0.15) is 13.2 Å². The molecule has 0 radical (unpaired) electrons. The van der Waals surface area contributed by atoms with Crippen molar-refractivity contribution in [1.29, 1.82) is 0 Å². The molecule has 0 saturated heterocycles. The molecule has 0 aliphatic heterocycles. The lowest BCUT2D eigenvalue weighted by Gasteiger charge is -2.37. The molecule has 0 spiro atoms. The number of pyridine rings is 1. The smallest absolute Gasteiger partial charge is 0.376 e. The summed E-state index contributed by atoms with van der Waals surface area (Å²) in [5.74, 6) is -1.39. The molecular formula is C16H14BrClF3NO2. The van der Waals surface area contributed by atoms with Gasteiger partial charge in [-0.05, 0) is 23.8 Å². The van der Waals surface area contributed by atoms with E-state index in [9.17, 15) is 23.1 Å². The fourth-order valence-corrected chi connectivity index (χ4v) is 3.39. The van der Waals surface area contributed by atoms with Crippen LogP contribution in [0.1, 0.15) is 24.0 Å². The number of aliphatic hydroxyl groups is 1. The van der Waals surface area contributed by atoms with Crippen LogP contribution in [0.5, 0.6) is 0 Å². The van der Waals surface area contributed by atoms with Crippen LogP contribution >= 0.6 is 27.5 Å². The predicted molar refractivity (Wildman–Crippen MR) is 89.2 cm³/mol. The number of alkyl halides is 3. The van der Waals surface area contributed by atoms with Crippen LogP contribution in [0.4, 0.5) is 13.2 Å². The Morgan fingerprint density at radius 3 is 2.38 bits per heavy atom. The SMILES string of the molecule is CC(c1ccc(Br)cc1Cl)C(O)(c1ccc(=O)n(C)c1)C(F)(F)F. The van der Waals surface area contributed by atoms with Gasteiger partial charge in [0.15, 0.2) is 5.60 Å². The van der Waals surface area contributed by atoms with Gasteiger partial charge in [0.25, 0.3) is 0 Å². The highest BCUT2D eigenvalue weighted by atomic mass is 79.9. The van der Waals surface area contributed by atoms with Crippen molar-refractivity contribution in [3.8, 4) is 0 Å². The number of hydrogen-bond donors (Lipinski definition) is 1. The number of nitrogens with zero attached hydrogens (tertiary/aromatic N) is 1. The molecule has 1 N–H and O–H groups in total. The summed E-state index contributed by atoms with van der Waals surface area (Å²) in [4.78, 5) is 11.5. The van der Waals surface area contributed by atoms with Crippen LogP contribution < -0.4 is 5.56 Å². The Balaban J connectivity index is 2.67. The first-order chi connectivity index (χ1) is 11.0. The Hall–Kier alpha value is -1.31. The maximum absolute atomic E-state index is 13.8.